The van der Waals surface area contributed by atoms with Crippen molar-refractivity contribution in [3.8, 4) is 23.0 Å². The first-order valence-electron chi connectivity index (χ1n) is 27.6. The summed E-state index contributed by atoms with van der Waals surface area (Å²) in [5, 5.41) is 5.84. The van der Waals surface area contributed by atoms with Crippen LogP contribution >= 0.6 is 0 Å². The SMILES string of the molecule is C.C.C.C.CCC(C)c1ccc(COc2c3ccccc3cc3c(OCC(=O)OC(C)(C)C)cccc23)cc1.CCC(C)c1ccc(COc2cccc3c(OCC(=O)OC(C)(C)C45CC6CC(CC(C6)C4)C5)cccc23)cc1. The molecular formula is C71H94O8. The van der Waals surface area contributed by atoms with Gasteiger partial charge in [-0.15, -0.1) is 0 Å². The number of carbonyl (C=O) groups is 2. The van der Waals surface area contributed by atoms with Crippen molar-refractivity contribution in [3.63, 3.8) is 0 Å². The van der Waals surface area contributed by atoms with Gasteiger partial charge in [-0.05, 0) is 167 Å². The summed E-state index contributed by atoms with van der Waals surface area (Å²) in [5.74, 6) is 5.79. The summed E-state index contributed by atoms with van der Waals surface area (Å²) >= 11 is 0. The van der Waals surface area contributed by atoms with E-state index in [9.17, 15) is 9.59 Å². The molecule has 8 nitrogen and oxygen atoms in total. The molecule has 4 saturated carbocycles. The third kappa shape index (κ3) is 14.8. The maximum Gasteiger partial charge on any atom is 0.344 e. The molecule has 7 aromatic carbocycles. The van der Waals surface area contributed by atoms with Gasteiger partial charge < -0.3 is 28.4 Å². The molecule has 8 heteroatoms. The molecule has 7 aromatic rings. The van der Waals surface area contributed by atoms with Gasteiger partial charge in [-0.25, -0.2) is 9.59 Å². The Morgan fingerprint density at radius 3 is 1.39 bits per heavy atom. The minimum atomic E-state index is -0.552. The average molecular weight is 1080 g/mol. The van der Waals surface area contributed by atoms with Crippen molar-refractivity contribution in [1.82, 2.24) is 0 Å². The van der Waals surface area contributed by atoms with Gasteiger partial charge in [0.2, 0.25) is 0 Å². The quantitative estimate of drug-likeness (QED) is 0.0620. The highest BCUT2D eigenvalue weighted by molar-refractivity contribution is 6.07. The van der Waals surface area contributed by atoms with E-state index < -0.39 is 17.2 Å². The molecule has 4 fully saturated rings. The van der Waals surface area contributed by atoms with E-state index in [4.69, 9.17) is 28.4 Å². The van der Waals surface area contributed by atoms with Crippen LogP contribution < -0.4 is 18.9 Å². The monoisotopic (exact) mass is 1070 g/mol. The Morgan fingerprint density at radius 2 is 0.911 bits per heavy atom. The lowest BCUT2D eigenvalue weighted by molar-refractivity contribution is -0.200. The third-order valence-corrected chi connectivity index (χ3v) is 16.6. The molecule has 426 valence electrons. The van der Waals surface area contributed by atoms with Gasteiger partial charge in [-0.3, -0.25) is 0 Å². The van der Waals surface area contributed by atoms with Crippen molar-refractivity contribution < 1.29 is 38.0 Å². The largest absolute Gasteiger partial charge is 0.488 e. The Hall–Kier alpha value is -6.54. The first-order chi connectivity index (χ1) is 36.0. The summed E-state index contributed by atoms with van der Waals surface area (Å²) in [6.45, 7) is 19.4. The van der Waals surface area contributed by atoms with Crippen molar-refractivity contribution in [2.24, 2.45) is 23.2 Å². The fourth-order valence-corrected chi connectivity index (χ4v) is 12.4. The van der Waals surface area contributed by atoms with Crippen LogP contribution in [0.3, 0.4) is 0 Å². The van der Waals surface area contributed by atoms with Gasteiger partial charge in [-0.1, -0.05) is 167 Å². The second-order valence-corrected chi connectivity index (χ2v) is 23.4. The lowest BCUT2D eigenvalue weighted by atomic mass is 9.46. The van der Waals surface area contributed by atoms with Crippen LogP contribution in [-0.2, 0) is 32.3 Å². The molecule has 2 unspecified atom stereocenters. The Bertz CT molecular complexity index is 3060. The number of fused-ring (bicyclic) bond motifs is 3. The van der Waals surface area contributed by atoms with E-state index in [0.717, 1.165) is 85.5 Å². The molecule has 0 spiro atoms. The van der Waals surface area contributed by atoms with E-state index in [1.807, 2.05) is 87.5 Å². The maximum atomic E-state index is 13.1. The average Bonchev–Trinajstić information content (AvgIpc) is 3.52. The second-order valence-electron chi connectivity index (χ2n) is 23.4. The normalized spacial score (nSPS) is 18.7. The molecule has 0 saturated heterocycles. The number of benzene rings is 7. The van der Waals surface area contributed by atoms with Crippen LogP contribution in [0, 0.1) is 23.2 Å². The third-order valence-electron chi connectivity index (χ3n) is 16.6. The molecule has 0 aromatic heterocycles. The first kappa shape index (κ1) is 63.3. The van der Waals surface area contributed by atoms with Gasteiger partial charge in [0.15, 0.2) is 13.2 Å². The van der Waals surface area contributed by atoms with Crippen LogP contribution in [0.2, 0.25) is 0 Å². The minimum absolute atomic E-state index is 0. The van der Waals surface area contributed by atoms with Crippen molar-refractivity contribution in [2.75, 3.05) is 13.2 Å². The number of rotatable bonds is 18. The van der Waals surface area contributed by atoms with Crippen molar-refractivity contribution in [1.29, 1.82) is 0 Å². The van der Waals surface area contributed by atoms with E-state index >= 15 is 0 Å². The number of ether oxygens (including phenoxy) is 6. The first-order valence-corrected chi connectivity index (χ1v) is 27.6. The highest BCUT2D eigenvalue weighted by Crippen LogP contribution is 2.64. The summed E-state index contributed by atoms with van der Waals surface area (Å²) in [6.07, 6.45) is 10.00. The fourth-order valence-electron chi connectivity index (χ4n) is 12.4. The lowest BCUT2D eigenvalue weighted by Crippen LogP contribution is -2.57. The predicted molar refractivity (Wildman–Crippen MR) is 329 cm³/mol. The second kappa shape index (κ2) is 27.1. The van der Waals surface area contributed by atoms with Gasteiger partial charge in [0.1, 0.15) is 47.4 Å². The van der Waals surface area contributed by atoms with Crippen LogP contribution in [0.5, 0.6) is 23.0 Å². The zero-order valence-corrected chi connectivity index (χ0v) is 45.8. The van der Waals surface area contributed by atoms with Crippen molar-refractivity contribution in [3.05, 3.63) is 156 Å². The van der Waals surface area contributed by atoms with Crippen LogP contribution in [-0.4, -0.2) is 36.4 Å². The topological polar surface area (TPSA) is 89.5 Å². The molecule has 0 aliphatic heterocycles. The predicted octanol–water partition coefficient (Wildman–Crippen LogP) is 19.2. The zero-order valence-electron chi connectivity index (χ0n) is 45.8. The number of hydrogen-bond donors (Lipinski definition) is 0. The molecule has 0 heterocycles. The number of esters is 2. The van der Waals surface area contributed by atoms with Crippen LogP contribution in [0.15, 0.2) is 133 Å². The Labute approximate surface area is 474 Å². The van der Waals surface area contributed by atoms with Crippen LogP contribution in [0.25, 0.3) is 32.3 Å². The minimum Gasteiger partial charge on any atom is -0.488 e. The summed E-state index contributed by atoms with van der Waals surface area (Å²) in [5.41, 5.74) is 4.06. The van der Waals surface area contributed by atoms with Crippen molar-refractivity contribution in [2.45, 2.75) is 180 Å². The van der Waals surface area contributed by atoms with E-state index in [1.54, 1.807) is 0 Å². The Kier molecular flexibility index (Phi) is 21.7. The molecule has 4 bridgehead atoms. The van der Waals surface area contributed by atoms with E-state index in [-0.39, 0.29) is 54.3 Å². The van der Waals surface area contributed by atoms with Crippen LogP contribution in [0.1, 0.15) is 177 Å². The van der Waals surface area contributed by atoms with E-state index in [0.29, 0.717) is 36.5 Å². The fraction of sp³-hybridized carbons (Fsp3) is 0.465. The van der Waals surface area contributed by atoms with Gasteiger partial charge in [0.05, 0.1) is 0 Å². The molecule has 4 aliphatic carbocycles. The Morgan fingerprint density at radius 1 is 0.494 bits per heavy atom. The van der Waals surface area contributed by atoms with Gasteiger partial charge in [0, 0.05) is 32.3 Å². The highest BCUT2D eigenvalue weighted by atomic mass is 16.6. The number of carbonyl (C=O) groups excluding carboxylic acids is 2. The molecule has 2 atom stereocenters. The summed E-state index contributed by atoms with van der Waals surface area (Å²) in [4.78, 5) is 25.3. The standard InChI is InChI=1S/C36H44O4.C31H34O4.4CH4/c1-5-24(2)29-14-12-25(13-15-29)22-38-32-10-6-9-31-30(32)8-7-11-33(31)39-23-34(37)40-35(3,4)36-19-26-16-27(20-36)18-28(17-26)21-36;1-6-21(2)23-16-14-22(15-17-23)19-34-30-25-11-8-7-10-24(25)18-27-26(30)12-9-13-28(27)33-20-29(32)35-31(3,4)5;;;;/h6-15,24,26-28H,5,16-23H2,1-4H3;7-18,21H,6,19-20H2,1-5H3;4*1H4. The van der Waals surface area contributed by atoms with Crippen LogP contribution in [0.4, 0.5) is 0 Å². The van der Waals surface area contributed by atoms with E-state index in [2.05, 4.69) is 108 Å². The molecule has 0 N–H and O–H groups in total. The zero-order chi connectivity index (χ0) is 52.9. The molecule has 79 heavy (non-hydrogen) atoms. The summed E-state index contributed by atoms with van der Waals surface area (Å²) in [6, 6.07) is 45.3. The number of hydrogen-bond acceptors (Lipinski definition) is 8. The Balaban J connectivity index is 0.000000279. The molecule has 11 rings (SSSR count). The lowest BCUT2D eigenvalue weighted by Gasteiger charge is -2.61. The molecule has 0 amide bonds. The smallest absolute Gasteiger partial charge is 0.344 e. The van der Waals surface area contributed by atoms with Gasteiger partial charge >= 0.3 is 11.9 Å². The summed E-state index contributed by atoms with van der Waals surface area (Å²) < 4.78 is 36.3. The molecule has 4 aliphatic rings. The van der Waals surface area contributed by atoms with Gasteiger partial charge in [-0.2, -0.15) is 0 Å². The van der Waals surface area contributed by atoms with Crippen molar-refractivity contribution >= 4 is 44.3 Å². The molecular weight excluding hydrogens is 981 g/mol. The summed E-state index contributed by atoms with van der Waals surface area (Å²) in [7, 11) is 0. The maximum absolute atomic E-state index is 13.1. The van der Waals surface area contributed by atoms with Gasteiger partial charge in [0.25, 0.3) is 0 Å². The molecule has 0 radical (unpaired) electrons. The van der Waals surface area contributed by atoms with E-state index in [1.165, 1.54) is 49.7 Å². The highest BCUT2D eigenvalue weighted by Gasteiger charge is 2.58.